The first-order chi connectivity index (χ1) is 16.0. The van der Waals surface area contributed by atoms with Crippen LogP contribution in [-0.4, -0.2) is 57.3 Å². The van der Waals surface area contributed by atoms with Gasteiger partial charge in [-0.15, -0.1) is 0 Å². The second-order valence-electron chi connectivity index (χ2n) is 9.06. The number of nitrogens with one attached hydrogen (secondary N) is 1. The van der Waals surface area contributed by atoms with E-state index in [0.717, 1.165) is 57.1 Å². The fourth-order valence-electron chi connectivity index (χ4n) is 4.05. The average molecular weight is 444 g/mol. The quantitative estimate of drug-likeness (QED) is 0.427. The number of nitrogen functional groups attached to an aromatic ring is 1. The SMILES string of the molecule is CC1(Oc2ccc(N)c(C(=N)c3cc(N4CCN(Cc5ccncc5)CC4)ncn3)c2)CC1. The number of piperazine rings is 1. The Morgan fingerprint density at radius 3 is 2.55 bits per heavy atom. The van der Waals surface area contributed by atoms with Crippen LogP contribution in [0.3, 0.4) is 0 Å². The molecule has 0 radical (unpaired) electrons. The average Bonchev–Trinajstić information content (AvgIpc) is 3.57. The van der Waals surface area contributed by atoms with Crippen molar-refractivity contribution in [1.29, 1.82) is 5.41 Å². The first kappa shape index (κ1) is 21.3. The van der Waals surface area contributed by atoms with Crippen LogP contribution in [0.2, 0.25) is 0 Å². The normalized spacial score (nSPS) is 17.5. The van der Waals surface area contributed by atoms with Crippen molar-refractivity contribution in [3.63, 3.8) is 0 Å². The van der Waals surface area contributed by atoms with E-state index >= 15 is 0 Å². The lowest BCUT2D eigenvalue weighted by Gasteiger charge is -2.35. The van der Waals surface area contributed by atoms with E-state index in [1.807, 2.05) is 30.6 Å². The van der Waals surface area contributed by atoms with Crippen LogP contribution in [0.4, 0.5) is 11.5 Å². The maximum absolute atomic E-state index is 8.76. The molecule has 0 amide bonds. The Hall–Kier alpha value is -3.52. The predicted octanol–water partition coefficient (Wildman–Crippen LogP) is 3.12. The van der Waals surface area contributed by atoms with E-state index in [9.17, 15) is 0 Å². The van der Waals surface area contributed by atoms with Crippen molar-refractivity contribution in [1.82, 2.24) is 19.9 Å². The van der Waals surface area contributed by atoms with Crippen LogP contribution in [0.25, 0.3) is 0 Å². The van der Waals surface area contributed by atoms with Gasteiger partial charge in [-0.05, 0) is 55.7 Å². The molecule has 2 fully saturated rings. The molecular formula is C25H29N7O. The number of hydrogen-bond donors (Lipinski definition) is 2. The summed E-state index contributed by atoms with van der Waals surface area (Å²) in [5.41, 5.74) is 9.40. The summed E-state index contributed by atoms with van der Waals surface area (Å²) >= 11 is 0. The summed E-state index contributed by atoms with van der Waals surface area (Å²) in [5, 5.41) is 8.76. The Morgan fingerprint density at radius 1 is 1.06 bits per heavy atom. The highest BCUT2D eigenvalue weighted by molar-refractivity contribution is 6.13. The number of rotatable bonds is 7. The summed E-state index contributed by atoms with van der Waals surface area (Å²) < 4.78 is 6.06. The molecule has 33 heavy (non-hydrogen) atoms. The smallest absolute Gasteiger partial charge is 0.132 e. The van der Waals surface area contributed by atoms with Crippen molar-refractivity contribution in [3.05, 3.63) is 71.9 Å². The maximum atomic E-state index is 8.76. The third-order valence-electron chi connectivity index (χ3n) is 6.37. The van der Waals surface area contributed by atoms with Gasteiger partial charge in [-0.1, -0.05) is 0 Å². The van der Waals surface area contributed by atoms with Gasteiger partial charge in [0.05, 0.1) is 11.4 Å². The van der Waals surface area contributed by atoms with Crippen LogP contribution >= 0.6 is 0 Å². The minimum atomic E-state index is -0.0861. The highest BCUT2D eigenvalue weighted by Gasteiger charge is 2.40. The molecule has 8 heteroatoms. The number of anilines is 2. The number of benzene rings is 1. The molecule has 2 aromatic heterocycles. The van der Waals surface area contributed by atoms with E-state index in [1.54, 1.807) is 6.07 Å². The van der Waals surface area contributed by atoms with Gasteiger partial charge in [0.2, 0.25) is 0 Å². The van der Waals surface area contributed by atoms with Gasteiger partial charge in [0, 0.05) is 62.4 Å². The molecule has 1 aliphatic carbocycles. The van der Waals surface area contributed by atoms with Crippen LogP contribution in [-0.2, 0) is 6.54 Å². The van der Waals surface area contributed by atoms with Crippen molar-refractivity contribution >= 4 is 17.2 Å². The number of aromatic nitrogens is 3. The van der Waals surface area contributed by atoms with Crippen LogP contribution in [0.5, 0.6) is 5.75 Å². The Bertz CT molecular complexity index is 1140. The maximum Gasteiger partial charge on any atom is 0.132 e. The second-order valence-corrected chi connectivity index (χ2v) is 9.06. The standard InChI is InChI=1S/C25H29N7O/c1-25(6-7-25)33-19-2-3-21(26)20(14-19)24(27)22-15-23(30-17-29-22)32-12-10-31(11-13-32)16-18-4-8-28-9-5-18/h2-5,8-9,14-15,17,27H,6-7,10-13,16,26H2,1H3. The highest BCUT2D eigenvalue weighted by atomic mass is 16.5. The van der Waals surface area contributed by atoms with Gasteiger partial charge in [0.15, 0.2) is 0 Å². The van der Waals surface area contributed by atoms with E-state index in [4.69, 9.17) is 15.9 Å². The van der Waals surface area contributed by atoms with Gasteiger partial charge in [0.25, 0.3) is 0 Å². The molecule has 0 spiro atoms. The summed E-state index contributed by atoms with van der Waals surface area (Å²) in [6.45, 7) is 6.67. The molecule has 0 atom stereocenters. The van der Waals surface area contributed by atoms with Crippen LogP contribution < -0.4 is 15.4 Å². The van der Waals surface area contributed by atoms with Gasteiger partial charge in [-0.2, -0.15) is 0 Å². The number of nitrogens with zero attached hydrogens (tertiary/aromatic N) is 5. The Kier molecular flexibility index (Phi) is 5.68. The first-order valence-corrected chi connectivity index (χ1v) is 11.4. The molecular weight excluding hydrogens is 414 g/mol. The van der Waals surface area contributed by atoms with Gasteiger partial charge >= 0.3 is 0 Å². The topological polar surface area (TPSA) is 104 Å². The third-order valence-corrected chi connectivity index (χ3v) is 6.37. The minimum absolute atomic E-state index is 0.0861. The van der Waals surface area contributed by atoms with E-state index < -0.39 is 0 Å². The first-order valence-electron chi connectivity index (χ1n) is 11.4. The molecule has 2 aliphatic rings. The van der Waals surface area contributed by atoms with Crippen molar-refractivity contribution in [2.75, 3.05) is 36.8 Å². The number of ether oxygens (including phenoxy) is 1. The summed E-state index contributed by atoms with van der Waals surface area (Å²) in [4.78, 5) is 17.6. The zero-order chi connectivity index (χ0) is 22.8. The Labute approximate surface area is 194 Å². The summed E-state index contributed by atoms with van der Waals surface area (Å²) in [6, 6.07) is 11.5. The molecule has 1 saturated carbocycles. The van der Waals surface area contributed by atoms with E-state index in [0.29, 0.717) is 16.9 Å². The van der Waals surface area contributed by atoms with Crippen molar-refractivity contribution < 1.29 is 4.74 Å². The zero-order valence-corrected chi connectivity index (χ0v) is 18.9. The molecule has 3 aromatic rings. The van der Waals surface area contributed by atoms with Gasteiger partial charge in [0.1, 0.15) is 23.5 Å². The van der Waals surface area contributed by atoms with E-state index in [2.05, 4.69) is 43.8 Å². The van der Waals surface area contributed by atoms with Gasteiger partial charge in [-0.3, -0.25) is 15.3 Å². The number of nitrogens with two attached hydrogens (primary N) is 1. The lowest BCUT2D eigenvalue weighted by atomic mass is 10.0. The lowest BCUT2D eigenvalue weighted by Crippen LogP contribution is -2.46. The lowest BCUT2D eigenvalue weighted by molar-refractivity contribution is 0.200. The second kappa shape index (κ2) is 8.78. The van der Waals surface area contributed by atoms with Crippen LogP contribution in [0, 0.1) is 5.41 Å². The molecule has 3 N–H and O–H groups in total. The largest absolute Gasteiger partial charge is 0.488 e. The Balaban J connectivity index is 1.27. The fraction of sp³-hybridized carbons (Fsp3) is 0.360. The predicted molar refractivity (Wildman–Crippen MR) is 129 cm³/mol. The molecule has 0 unspecified atom stereocenters. The van der Waals surface area contributed by atoms with Gasteiger partial charge < -0.3 is 15.4 Å². The molecule has 170 valence electrons. The zero-order valence-electron chi connectivity index (χ0n) is 18.9. The molecule has 5 rings (SSSR count). The minimum Gasteiger partial charge on any atom is -0.488 e. The Morgan fingerprint density at radius 2 is 1.82 bits per heavy atom. The van der Waals surface area contributed by atoms with E-state index in [-0.39, 0.29) is 11.3 Å². The number of pyridine rings is 1. The fourth-order valence-corrected chi connectivity index (χ4v) is 4.05. The summed E-state index contributed by atoms with van der Waals surface area (Å²) in [6.07, 6.45) is 7.31. The third kappa shape index (κ3) is 4.96. The van der Waals surface area contributed by atoms with Crippen molar-refractivity contribution in [2.24, 2.45) is 0 Å². The summed E-state index contributed by atoms with van der Waals surface area (Å²) in [5.74, 6) is 1.58. The van der Waals surface area contributed by atoms with Gasteiger partial charge in [-0.25, -0.2) is 9.97 Å². The van der Waals surface area contributed by atoms with Crippen LogP contribution in [0.15, 0.2) is 55.1 Å². The molecule has 1 aliphatic heterocycles. The van der Waals surface area contributed by atoms with Crippen LogP contribution in [0.1, 0.15) is 36.6 Å². The molecule has 3 heterocycles. The van der Waals surface area contributed by atoms with Crippen molar-refractivity contribution in [2.45, 2.75) is 31.9 Å². The number of hydrogen-bond acceptors (Lipinski definition) is 8. The highest BCUT2D eigenvalue weighted by Crippen LogP contribution is 2.40. The molecule has 0 bridgehead atoms. The van der Waals surface area contributed by atoms with Crippen molar-refractivity contribution in [3.8, 4) is 5.75 Å². The monoisotopic (exact) mass is 443 g/mol. The molecule has 8 nitrogen and oxygen atoms in total. The molecule has 1 saturated heterocycles. The summed E-state index contributed by atoms with van der Waals surface area (Å²) in [7, 11) is 0. The molecule has 1 aromatic carbocycles. The van der Waals surface area contributed by atoms with E-state index in [1.165, 1.54) is 11.9 Å².